The molecule has 0 aliphatic rings. The van der Waals surface area contributed by atoms with Crippen molar-refractivity contribution in [3.8, 4) is 0 Å². The van der Waals surface area contributed by atoms with Crippen LogP contribution in [0.1, 0.15) is 41.5 Å². The van der Waals surface area contributed by atoms with Crippen molar-refractivity contribution in [3.05, 3.63) is 0 Å². The molecule has 0 aliphatic heterocycles. The van der Waals surface area contributed by atoms with Crippen molar-refractivity contribution in [2.75, 3.05) is 14.2 Å². The van der Waals surface area contributed by atoms with Crippen molar-refractivity contribution in [2.45, 2.75) is 71.9 Å². The van der Waals surface area contributed by atoms with E-state index in [1.165, 1.54) is 12.2 Å². The molecular weight excluding hydrogens is 298 g/mol. The smallest absolute Gasteiger partial charge is 0.251 e. The van der Waals surface area contributed by atoms with Crippen molar-refractivity contribution >= 4 is 14.2 Å². The Kier molecular flexibility index (Phi) is 7.75. The number of rotatable bonds is 7. The van der Waals surface area contributed by atoms with Gasteiger partial charge in [0.25, 0.3) is 5.91 Å². The van der Waals surface area contributed by atoms with Crippen molar-refractivity contribution in [1.82, 2.24) is 5.06 Å². The molecule has 1 N–H and O–H groups in total. The summed E-state index contributed by atoms with van der Waals surface area (Å²) in [5.41, 5.74) is 0. The molecule has 0 bridgehead atoms. The lowest BCUT2D eigenvalue weighted by Crippen LogP contribution is -2.51. The first-order valence-corrected chi connectivity index (χ1v) is 10.8. The molecule has 0 rings (SSSR count). The van der Waals surface area contributed by atoms with Crippen LogP contribution in [-0.2, 0) is 14.1 Å². The number of amides is 1. The van der Waals surface area contributed by atoms with Gasteiger partial charge < -0.3 is 9.53 Å². The fourth-order valence-electron chi connectivity index (χ4n) is 1.97. The van der Waals surface area contributed by atoms with Gasteiger partial charge in [0.2, 0.25) is 0 Å². The monoisotopic (exact) mass is 333 g/mol. The quantitative estimate of drug-likeness (QED) is 0.575. The molecule has 0 saturated heterocycles. The van der Waals surface area contributed by atoms with Crippen LogP contribution >= 0.6 is 0 Å². The Hall–Kier alpha value is -0.433. The molecule has 5 nitrogen and oxygen atoms in total. The van der Waals surface area contributed by atoms with Gasteiger partial charge in [-0.1, -0.05) is 34.6 Å². The lowest BCUT2D eigenvalue weighted by Gasteiger charge is -2.43. The van der Waals surface area contributed by atoms with Gasteiger partial charge in [0.05, 0.1) is 25.2 Å². The summed E-state index contributed by atoms with van der Waals surface area (Å²) in [5, 5.41) is 11.3. The molecule has 0 spiro atoms. The van der Waals surface area contributed by atoms with Crippen LogP contribution in [0.15, 0.2) is 0 Å². The molecular formula is C16H35NO4Si. The molecule has 132 valence electrons. The summed E-state index contributed by atoms with van der Waals surface area (Å²) in [6.45, 7) is 16.3. The second-order valence-electron chi connectivity index (χ2n) is 7.75. The molecule has 0 aromatic carbocycles. The van der Waals surface area contributed by atoms with E-state index in [1.54, 1.807) is 14.0 Å². The average Bonchev–Trinajstić information content (AvgIpc) is 2.40. The van der Waals surface area contributed by atoms with Gasteiger partial charge in [-0.2, -0.15) is 0 Å². The lowest BCUT2D eigenvalue weighted by atomic mass is 9.89. The second-order valence-corrected chi connectivity index (χ2v) is 12.5. The minimum atomic E-state index is -2.05. The maximum atomic E-state index is 12.4. The van der Waals surface area contributed by atoms with Crippen molar-refractivity contribution in [2.24, 2.45) is 11.8 Å². The highest BCUT2D eigenvalue weighted by Crippen LogP contribution is 2.39. The normalized spacial score (nSPS) is 18.5. The number of aliphatic hydroxyl groups excluding tert-OH is 1. The SMILES string of the molecule is CON(C)C(=O)[C@H](C)[C@@H](O[Si](C)(C)C(C)(C)C)[C@@H](C)C(C)O. The maximum Gasteiger partial charge on any atom is 0.251 e. The molecule has 6 heteroatoms. The lowest BCUT2D eigenvalue weighted by molar-refractivity contribution is -0.177. The minimum absolute atomic E-state index is 0.0413. The van der Waals surface area contributed by atoms with Crippen molar-refractivity contribution in [1.29, 1.82) is 0 Å². The predicted octanol–water partition coefficient (Wildman–Crippen LogP) is 3.05. The van der Waals surface area contributed by atoms with E-state index < -0.39 is 14.4 Å². The van der Waals surface area contributed by atoms with Crippen LogP contribution in [0, 0.1) is 11.8 Å². The largest absolute Gasteiger partial charge is 0.413 e. The third-order valence-corrected chi connectivity index (χ3v) is 9.46. The molecule has 0 aromatic heterocycles. The van der Waals surface area contributed by atoms with Gasteiger partial charge >= 0.3 is 0 Å². The molecule has 22 heavy (non-hydrogen) atoms. The fraction of sp³-hybridized carbons (Fsp3) is 0.938. The Labute approximate surface area is 137 Å². The molecule has 1 amide bonds. The molecule has 1 unspecified atom stereocenters. The summed E-state index contributed by atoms with van der Waals surface area (Å²) in [7, 11) is 1.00. The van der Waals surface area contributed by atoms with E-state index >= 15 is 0 Å². The van der Waals surface area contributed by atoms with Gasteiger partial charge in [-0.05, 0) is 25.1 Å². The van der Waals surface area contributed by atoms with Crippen LogP contribution in [0.5, 0.6) is 0 Å². The van der Waals surface area contributed by atoms with Crippen LogP contribution in [0.3, 0.4) is 0 Å². The van der Waals surface area contributed by atoms with Gasteiger partial charge in [-0.15, -0.1) is 0 Å². The Balaban J connectivity index is 5.44. The minimum Gasteiger partial charge on any atom is -0.413 e. The van der Waals surface area contributed by atoms with E-state index in [-0.39, 0.29) is 28.9 Å². The third-order valence-electron chi connectivity index (χ3n) is 4.98. The van der Waals surface area contributed by atoms with Crippen LogP contribution in [-0.4, -0.2) is 50.8 Å². The zero-order valence-electron chi connectivity index (χ0n) is 15.9. The molecule has 0 saturated carbocycles. The highest BCUT2D eigenvalue weighted by Gasteiger charge is 2.43. The van der Waals surface area contributed by atoms with Crippen LogP contribution in [0.4, 0.5) is 0 Å². The molecule has 0 radical (unpaired) electrons. The molecule has 4 atom stereocenters. The third kappa shape index (κ3) is 5.33. The predicted molar refractivity (Wildman–Crippen MR) is 91.9 cm³/mol. The van der Waals surface area contributed by atoms with Crippen molar-refractivity contribution in [3.63, 3.8) is 0 Å². The molecule has 0 aliphatic carbocycles. The van der Waals surface area contributed by atoms with Crippen LogP contribution < -0.4 is 0 Å². The summed E-state index contributed by atoms with van der Waals surface area (Å²) >= 11 is 0. The number of hydroxylamine groups is 2. The van der Waals surface area contributed by atoms with E-state index in [9.17, 15) is 9.90 Å². The van der Waals surface area contributed by atoms with Crippen LogP contribution in [0.2, 0.25) is 18.1 Å². The van der Waals surface area contributed by atoms with Gasteiger partial charge in [-0.3, -0.25) is 9.63 Å². The summed E-state index contributed by atoms with van der Waals surface area (Å²) in [6, 6.07) is 0. The first-order valence-electron chi connectivity index (χ1n) is 7.93. The summed E-state index contributed by atoms with van der Waals surface area (Å²) < 4.78 is 6.48. The standard InChI is InChI=1S/C16H35NO4Si/c1-11(13(3)18)14(12(2)15(19)17(7)20-8)21-22(9,10)16(4,5)6/h11-14,18H,1-10H3/t11-,12+,13?,14-/m0/s1. The van der Waals surface area contributed by atoms with Gasteiger partial charge in [0.1, 0.15) is 0 Å². The fourth-order valence-corrected chi connectivity index (χ4v) is 3.43. The first kappa shape index (κ1) is 21.6. The number of hydrogen-bond acceptors (Lipinski definition) is 4. The van der Waals surface area contributed by atoms with Gasteiger partial charge in [-0.25, -0.2) is 5.06 Å². The van der Waals surface area contributed by atoms with Crippen LogP contribution in [0.25, 0.3) is 0 Å². The summed E-state index contributed by atoms with van der Waals surface area (Å²) in [6.07, 6.45) is -0.885. The van der Waals surface area contributed by atoms with E-state index in [4.69, 9.17) is 9.26 Å². The van der Waals surface area contributed by atoms with E-state index in [0.29, 0.717) is 0 Å². The molecule has 0 fully saturated rings. The van der Waals surface area contributed by atoms with E-state index in [2.05, 4.69) is 33.9 Å². The molecule has 0 heterocycles. The number of hydrogen-bond donors (Lipinski definition) is 1. The molecule has 0 aromatic rings. The zero-order chi connectivity index (χ0) is 17.9. The van der Waals surface area contributed by atoms with E-state index in [0.717, 1.165) is 0 Å². The van der Waals surface area contributed by atoms with Gasteiger partial charge in [0.15, 0.2) is 8.32 Å². The maximum absolute atomic E-state index is 12.4. The Morgan fingerprint density at radius 2 is 1.64 bits per heavy atom. The zero-order valence-corrected chi connectivity index (χ0v) is 16.9. The topological polar surface area (TPSA) is 59.0 Å². The number of carbonyl (C=O) groups is 1. The van der Waals surface area contributed by atoms with Gasteiger partial charge in [0, 0.05) is 13.0 Å². The van der Waals surface area contributed by atoms with E-state index in [1.807, 2.05) is 13.8 Å². The Morgan fingerprint density at radius 1 is 1.18 bits per heavy atom. The summed E-state index contributed by atoms with van der Waals surface area (Å²) in [4.78, 5) is 17.4. The highest BCUT2D eigenvalue weighted by molar-refractivity contribution is 6.74. The Bertz CT molecular complexity index is 366. The first-order chi connectivity index (χ1) is 9.76. The number of nitrogens with zero attached hydrogens (tertiary/aromatic N) is 1. The highest BCUT2D eigenvalue weighted by atomic mass is 28.4. The Morgan fingerprint density at radius 3 is 1.95 bits per heavy atom. The summed E-state index contributed by atoms with van der Waals surface area (Å²) in [5.74, 6) is -0.666. The second kappa shape index (κ2) is 7.90. The number of carbonyl (C=O) groups excluding carboxylic acids is 1. The average molecular weight is 334 g/mol. The van der Waals surface area contributed by atoms with Crippen molar-refractivity contribution < 1.29 is 19.2 Å². The number of aliphatic hydroxyl groups is 1.